The zero-order valence-electron chi connectivity index (χ0n) is 25.2. The Kier molecular flexibility index (Phi) is 9.18. The van der Waals surface area contributed by atoms with Gasteiger partial charge in [-0.1, -0.05) is 30.7 Å². The molecule has 2 aromatic heterocycles. The Bertz CT molecular complexity index is 1560. The molecule has 0 bridgehead atoms. The Labute approximate surface area is 257 Å². The Morgan fingerprint density at radius 3 is 2.40 bits per heavy atom. The Balaban J connectivity index is 1.65. The van der Waals surface area contributed by atoms with Crippen molar-refractivity contribution < 1.29 is 14.3 Å². The highest BCUT2D eigenvalue weighted by atomic mass is 35.5. The average Bonchev–Trinajstić information content (AvgIpc) is 3.39. The standard InChI is InChI=1S/C33H39ClN4O3S/c1-7-37-15-17-38(18-16-37)26-20-23(13-14-35-26)31-36-25-19-21(3)27(29(32(39)40-8-2)41-33(4,5)6)28(30(25)42-31)22-9-11-24(34)12-10-22/h9-14,19-20,29H,7-8,15-18H2,1-6H3/t29-/m0/s1. The number of fused-ring (bicyclic) bond motifs is 1. The van der Waals surface area contributed by atoms with Gasteiger partial charge in [0.2, 0.25) is 0 Å². The van der Waals surface area contributed by atoms with E-state index in [9.17, 15) is 4.79 Å². The Morgan fingerprint density at radius 2 is 1.76 bits per heavy atom. The fraction of sp³-hybridized carbons (Fsp3) is 0.424. The van der Waals surface area contributed by atoms with Crippen molar-refractivity contribution in [3.8, 4) is 21.7 Å². The molecule has 7 nitrogen and oxygen atoms in total. The fourth-order valence-electron chi connectivity index (χ4n) is 5.39. The number of hydrogen-bond donors (Lipinski definition) is 0. The van der Waals surface area contributed by atoms with Gasteiger partial charge in [0.1, 0.15) is 10.8 Å². The van der Waals surface area contributed by atoms with E-state index in [0.717, 1.165) is 81.6 Å². The number of pyridine rings is 1. The van der Waals surface area contributed by atoms with Crippen LogP contribution in [0.5, 0.6) is 0 Å². The van der Waals surface area contributed by atoms with Crippen molar-refractivity contribution in [3.63, 3.8) is 0 Å². The topological polar surface area (TPSA) is 67.8 Å². The number of rotatable bonds is 8. The van der Waals surface area contributed by atoms with Crippen LogP contribution in [0, 0.1) is 6.92 Å². The molecule has 5 rings (SSSR count). The van der Waals surface area contributed by atoms with E-state index in [4.69, 9.17) is 31.0 Å². The number of benzene rings is 2. The van der Waals surface area contributed by atoms with Crippen LogP contribution in [0.1, 0.15) is 51.8 Å². The number of halogens is 1. The smallest absolute Gasteiger partial charge is 0.339 e. The highest BCUT2D eigenvalue weighted by Gasteiger charge is 2.33. The average molecular weight is 607 g/mol. The lowest BCUT2D eigenvalue weighted by atomic mass is 9.91. The number of aryl methyl sites for hydroxylation is 1. The first-order valence-electron chi connectivity index (χ1n) is 14.6. The van der Waals surface area contributed by atoms with Crippen molar-refractivity contribution >= 4 is 44.9 Å². The molecular weight excluding hydrogens is 568 g/mol. The van der Waals surface area contributed by atoms with Crippen molar-refractivity contribution in [2.75, 3.05) is 44.2 Å². The van der Waals surface area contributed by atoms with Crippen LogP contribution in [-0.4, -0.2) is 65.8 Å². The number of esters is 1. The second-order valence-electron chi connectivity index (χ2n) is 11.5. The molecule has 42 heavy (non-hydrogen) atoms. The van der Waals surface area contributed by atoms with E-state index < -0.39 is 17.7 Å². The van der Waals surface area contributed by atoms with Crippen LogP contribution < -0.4 is 4.90 Å². The van der Waals surface area contributed by atoms with E-state index in [1.54, 1.807) is 11.3 Å². The van der Waals surface area contributed by atoms with Crippen molar-refractivity contribution in [2.24, 2.45) is 0 Å². The number of anilines is 1. The van der Waals surface area contributed by atoms with E-state index in [1.165, 1.54) is 0 Å². The molecule has 0 amide bonds. The molecule has 2 aromatic carbocycles. The summed E-state index contributed by atoms with van der Waals surface area (Å²) in [7, 11) is 0. The lowest BCUT2D eigenvalue weighted by molar-refractivity contribution is -0.166. The van der Waals surface area contributed by atoms with Gasteiger partial charge in [0.25, 0.3) is 0 Å². The molecule has 1 atom stereocenters. The van der Waals surface area contributed by atoms with Crippen molar-refractivity contribution in [2.45, 2.75) is 53.2 Å². The van der Waals surface area contributed by atoms with Gasteiger partial charge < -0.3 is 19.3 Å². The third kappa shape index (κ3) is 6.62. The van der Waals surface area contributed by atoms with E-state index in [0.29, 0.717) is 5.02 Å². The van der Waals surface area contributed by atoms with Gasteiger partial charge in [-0.05, 0) is 82.6 Å². The summed E-state index contributed by atoms with van der Waals surface area (Å²) in [5.41, 5.74) is 4.87. The van der Waals surface area contributed by atoms with Crippen LogP contribution in [0.3, 0.4) is 0 Å². The first-order chi connectivity index (χ1) is 20.1. The summed E-state index contributed by atoms with van der Waals surface area (Å²) in [6.45, 7) is 17.2. The summed E-state index contributed by atoms with van der Waals surface area (Å²) < 4.78 is 12.9. The maximum Gasteiger partial charge on any atom is 0.339 e. The van der Waals surface area contributed by atoms with Gasteiger partial charge in [-0.25, -0.2) is 14.8 Å². The number of likely N-dealkylation sites (N-methyl/N-ethyl adjacent to an activating group) is 1. The zero-order valence-corrected chi connectivity index (χ0v) is 26.8. The number of nitrogens with zero attached hydrogens (tertiary/aromatic N) is 4. The van der Waals surface area contributed by atoms with Crippen LogP contribution in [-0.2, 0) is 14.3 Å². The molecule has 1 fully saturated rings. The maximum absolute atomic E-state index is 13.4. The molecule has 0 aliphatic carbocycles. The zero-order chi connectivity index (χ0) is 30.0. The van der Waals surface area contributed by atoms with Gasteiger partial charge in [-0.3, -0.25) is 0 Å². The maximum atomic E-state index is 13.4. The minimum atomic E-state index is -0.903. The molecule has 0 radical (unpaired) electrons. The molecule has 9 heteroatoms. The number of carbonyl (C=O) groups excluding carboxylic acids is 1. The van der Waals surface area contributed by atoms with E-state index in [2.05, 4.69) is 28.9 Å². The van der Waals surface area contributed by atoms with Gasteiger partial charge in [0.05, 0.1) is 22.4 Å². The normalized spacial score (nSPS) is 15.3. The summed E-state index contributed by atoms with van der Waals surface area (Å²) in [5, 5.41) is 1.54. The van der Waals surface area contributed by atoms with Crippen molar-refractivity contribution in [1.82, 2.24) is 14.9 Å². The number of ether oxygens (including phenoxy) is 2. The first-order valence-corrected chi connectivity index (χ1v) is 15.8. The Morgan fingerprint density at radius 1 is 1.05 bits per heavy atom. The number of carbonyl (C=O) groups is 1. The van der Waals surface area contributed by atoms with Crippen molar-refractivity contribution in [3.05, 3.63) is 64.8 Å². The van der Waals surface area contributed by atoms with Crippen LogP contribution in [0.25, 0.3) is 31.9 Å². The molecule has 0 saturated carbocycles. The molecule has 4 aromatic rings. The minimum Gasteiger partial charge on any atom is -0.464 e. The third-order valence-corrected chi connectivity index (χ3v) is 8.82. The summed E-state index contributed by atoms with van der Waals surface area (Å²) in [5.74, 6) is 0.565. The first kappa shape index (κ1) is 30.4. The third-order valence-electron chi connectivity index (χ3n) is 7.43. The quantitative estimate of drug-likeness (QED) is 0.192. The summed E-state index contributed by atoms with van der Waals surface area (Å²) in [6, 6.07) is 13.9. The molecule has 0 spiro atoms. The highest BCUT2D eigenvalue weighted by molar-refractivity contribution is 7.22. The molecule has 3 heterocycles. The largest absolute Gasteiger partial charge is 0.464 e. The molecule has 1 saturated heterocycles. The highest BCUT2D eigenvalue weighted by Crippen LogP contribution is 2.44. The molecule has 0 N–H and O–H groups in total. The number of hydrogen-bond acceptors (Lipinski definition) is 8. The summed E-state index contributed by atoms with van der Waals surface area (Å²) in [4.78, 5) is 28.0. The molecule has 1 aliphatic heterocycles. The second kappa shape index (κ2) is 12.7. The number of aromatic nitrogens is 2. The van der Waals surface area contributed by atoms with Crippen LogP contribution >= 0.6 is 22.9 Å². The van der Waals surface area contributed by atoms with E-state index in [1.807, 2.05) is 71.1 Å². The lowest BCUT2D eigenvalue weighted by Crippen LogP contribution is -2.46. The predicted octanol–water partition coefficient (Wildman–Crippen LogP) is 7.55. The SMILES string of the molecule is CCOC(=O)[C@@H](OC(C)(C)C)c1c(C)cc2nc(-c3ccnc(N4CCN(CC)CC4)c3)sc2c1-c1ccc(Cl)cc1. The minimum absolute atomic E-state index is 0.267. The molecular formula is C33H39ClN4O3S. The van der Waals surface area contributed by atoms with Crippen LogP contribution in [0.15, 0.2) is 48.7 Å². The summed E-state index contributed by atoms with van der Waals surface area (Å²) >= 11 is 7.90. The number of thiazole rings is 1. The predicted molar refractivity (Wildman–Crippen MR) is 173 cm³/mol. The van der Waals surface area contributed by atoms with Crippen LogP contribution in [0.2, 0.25) is 5.02 Å². The summed E-state index contributed by atoms with van der Waals surface area (Å²) in [6.07, 6.45) is 0.966. The van der Waals surface area contributed by atoms with Gasteiger partial charge in [-0.15, -0.1) is 11.3 Å². The molecule has 222 valence electrons. The van der Waals surface area contributed by atoms with E-state index in [-0.39, 0.29) is 6.61 Å². The van der Waals surface area contributed by atoms with E-state index >= 15 is 0 Å². The van der Waals surface area contributed by atoms with Crippen molar-refractivity contribution in [1.29, 1.82) is 0 Å². The molecule has 1 aliphatic rings. The Hall–Kier alpha value is -3.04. The fourth-order valence-corrected chi connectivity index (χ4v) is 6.64. The monoisotopic (exact) mass is 606 g/mol. The van der Waals surface area contributed by atoms with Gasteiger partial charge in [0, 0.05) is 54.1 Å². The van der Waals surface area contributed by atoms with Gasteiger partial charge >= 0.3 is 5.97 Å². The van der Waals surface area contributed by atoms with Gasteiger partial charge in [0.15, 0.2) is 6.10 Å². The lowest BCUT2D eigenvalue weighted by Gasteiger charge is -2.34. The van der Waals surface area contributed by atoms with Gasteiger partial charge in [-0.2, -0.15) is 0 Å². The second-order valence-corrected chi connectivity index (χ2v) is 13.0. The van der Waals surface area contributed by atoms with Crippen LogP contribution in [0.4, 0.5) is 5.82 Å². The molecule has 0 unspecified atom stereocenters. The number of piperazine rings is 1.